The first-order chi connectivity index (χ1) is 12.2. The van der Waals surface area contributed by atoms with E-state index in [0.717, 1.165) is 11.1 Å². The highest BCUT2D eigenvalue weighted by Gasteiger charge is 2.32. The van der Waals surface area contributed by atoms with E-state index in [1.807, 2.05) is 18.2 Å². The molecule has 25 heavy (non-hydrogen) atoms. The zero-order chi connectivity index (χ0) is 17.2. The lowest BCUT2D eigenvalue weighted by molar-refractivity contribution is -0.137. The van der Waals surface area contributed by atoms with E-state index < -0.39 is 5.63 Å². The number of likely N-dealkylation sites (tertiary alicyclic amines) is 1. The number of ether oxygens (including phenoxy) is 1. The average Bonchev–Trinajstić information content (AvgIpc) is 2.59. The summed E-state index contributed by atoms with van der Waals surface area (Å²) in [6.07, 6.45) is 1.76. The SMILES string of the molecule is O=C(COc1ccc2ccc(=O)oc2c1)N1CC(c2ccccn2)C1. The predicted molar refractivity (Wildman–Crippen MR) is 91.5 cm³/mol. The third kappa shape index (κ3) is 3.24. The summed E-state index contributed by atoms with van der Waals surface area (Å²) in [6, 6.07) is 14.0. The van der Waals surface area contributed by atoms with Gasteiger partial charge in [-0.2, -0.15) is 0 Å². The third-order valence-corrected chi connectivity index (χ3v) is 4.30. The van der Waals surface area contributed by atoms with Crippen molar-refractivity contribution in [2.24, 2.45) is 0 Å². The summed E-state index contributed by atoms with van der Waals surface area (Å²) >= 11 is 0. The Bertz CT molecular complexity index is 962. The monoisotopic (exact) mass is 336 g/mol. The lowest BCUT2D eigenvalue weighted by Crippen LogP contribution is -2.50. The zero-order valence-corrected chi connectivity index (χ0v) is 13.4. The summed E-state index contributed by atoms with van der Waals surface area (Å²) in [6.45, 7) is 1.27. The van der Waals surface area contributed by atoms with Gasteiger partial charge in [0.15, 0.2) is 6.61 Å². The standard InChI is InChI=1S/C19H16N2O4/c22-18(21-10-14(11-21)16-3-1-2-8-20-16)12-24-15-6-4-13-5-7-19(23)25-17(13)9-15/h1-9,14H,10-12H2. The zero-order valence-electron chi connectivity index (χ0n) is 13.4. The molecule has 126 valence electrons. The van der Waals surface area contributed by atoms with E-state index in [1.165, 1.54) is 6.07 Å². The van der Waals surface area contributed by atoms with E-state index in [2.05, 4.69) is 4.98 Å². The van der Waals surface area contributed by atoms with Crippen LogP contribution in [-0.2, 0) is 4.79 Å². The van der Waals surface area contributed by atoms with Crippen LogP contribution in [0.5, 0.6) is 5.75 Å². The number of fused-ring (bicyclic) bond motifs is 1. The molecule has 4 rings (SSSR count). The van der Waals surface area contributed by atoms with Crippen LogP contribution in [0.15, 0.2) is 63.9 Å². The molecule has 1 aliphatic rings. The van der Waals surface area contributed by atoms with Crippen molar-refractivity contribution in [2.75, 3.05) is 19.7 Å². The average molecular weight is 336 g/mol. The molecule has 1 amide bonds. The van der Waals surface area contributed by atoms with Crippen LogP contribution in [0.2, 0.25) is 0 Å². The maximum absolute atomic E-state index is 12.2. The first-order valence-electron chi connectivity index (χ1n) is 8.04. The molecule has 3 aromatic rings. The van der Waals surface area contributed by atoms with E-state index in [9.17, 15) is 9.59 Å². The van der Waals surface area contributed by atoms with Gasteiger partial charge in [0, 0.05) is 48.4 Å². The first kappa shape index (κ1) is 15.4. The summed E-state index contributed by atoms with van der Waals surface area (Å²) in [5.41, 5.74) is 1.04. The van der Waals surface area contributed by atoms with Gasteiger partial charge < -0.3 is 14.1 Å². The number of nitrogens with zero attached hydrogens (tertiary/aromatic N) is 2. The predicted octanol–water partition coefficient (Wildman–Crippen LogP) is 2.19. The van der Waals surface area contributed by atoms with Crippen molar-refractivity contribution in [3.63, 3.8) is 0 Å². The Hall–Kier alpha value is -3.15. The molecule has 1 fully saturated rings. The van der Waals surface area contributed by atoms with E-state index in [-0.39, 0.29) is 12.5 Å². The van der Waals surface area contributed by atoms with Crippen LogP contribution in [0.25, 0.3) is 11.0 Å². The van der Waals surface area contributed by atoms with Crippen LogP contribution < -0.4 is 10.4 Å². The lowest BCUT2D eigenvalue weighted by atomic mass is 9.96. The van der Waals surface area contributed by atoms with Gasteiger partial charge in [-0.1, -0.05) is 6.07 Å². The van der Waals surface area contributed by atoms with E-state index in [0.29, 0.717) is 30.3 Å². The van der Waals surface area contributed by atoms with Crippen molar-refractivity contribution in [1.82, 2.24) is 9.88 Å². The minimum absolute atomic E-state index is 0.0441. The fraction of sp³-hybridized carbons (Fsp3) is 0.211. The molecule has 6 heteroatoms. The highest BCUT2D eigenvalue weighted by Crippen LogP contribution is 2.25. The Morgan fingerprint density at radius 3 is 2.84 bits per heavy atom. The fourth-order valence-electron chi connectivity index (χ4n) is 2.85. The maximum atomic E-state index is 12.2. The molecular weight excluding hydrogens is 320 g/mol. The maximum Gasteiger partial charge on any atom is 0.336 e. The molecule has 0 N–H and O–H groups in total. The van der Waals surface area contributed by atoms with Crippen LogP contribution in [0.1, 0.15) is 11.6 Å². The summed E-state index contributed by atoms with van der Waals surface area (Å²) < 4.78 is 10.7. The van der Waals surface area contributed by atoms with Crippen LogP contribution in [0.3, 0.4) is 0 Å². The number of rotatable bonds is 4. The second kappa shape index (κ2) is 6.39. The minimum atomic E-state index is -0.415. The highest BCUT2D eigenvalue weighted by atomic mass is 16.5. The molecule has 0 unspecified atom stereocenters. The summed E-state index contributed by atoms with van der Waals surface area (Å²) in [5, 5.41) is 0.805. The fourth-order valence-corrected chi connectivity index (χ4v) is 2.85. The van der Waals surface area contributed by atoms with Crippen molar-refractivity contribution in [3.8, 4) is 5.75 Å². The van der Waals surface area contributed by atoms with E-state index in [4.69, 9.17) is 9.15 Å². The van der Waals surface area contributed by atoms with Crippen molar-refractivity contribution in [1.29, 1.82) is 0 Å². The van der Waals surface area contributed by atoms with Gasteiger partial charge in [0.25, 0.3) is 5.91 Å². The second-order valence-corrected chi connectivity index (χ2v) is 5.99. The van der Waals surface area contributed by atoms with Gasteiger partial charge in [0.2, 0.25) is 0 Å². The number of benzene rings is 1. The number of hydrogen-bond donors (Lipinski definition) is 0. The third-order valence-electron chi connectivity index (χ3n) is 4.30. The lowest BCUT2D eigenvalue weighted by Gasteiger charge is -2.38. The van der Waals surface area contributed by atoms with Crippen LogP contribution in [-0.4, -0.2) is 35.5 Å². The molecule has 0 aliphatic carbocycles. The van der Waals surface area contributed by atoms with Crippen LogP contribution >= 0.6 is 0 Å². The smallest absolute Gasteiger partial charge is 0.336 e. The quantitative estimate of drug-likeness (QED) is 0.683. The van der Waals surface area contributed by atoms with E-state index >= 15 is 0 Å². The van der Waals surface area contributed by atoms with Gasteiger partial charge in [0.1, 0.15) is 11.3 Å². The van der Waals surface area contributed by atoms with Gasteiger partial charge in [-0.3, -0.25) is 9.78 Å². The summed E-state index contributed by atoms with van der Waals surface area (Å²) in [7, 11) is 0. The number of carbonyl (C=O) groups is 1. The van der Waals surface area contributed by atoms with Crippen molar-refractivity contribution < 1.29 is 13.9 Å². The minimum Gasteiger partial charge on any atom is -0.484 e. The molecule has 0 bridgehead atoms. The first-order valence-corrected chi connectivity index (χ1v) is 8.04. The molecule has 0 saturated carbocycles. The highest BCUT2D eigenvalue weighted by molar-refractivity contribution is 5.80. The molecule has 6 nitrogen and oxygen atoms in total. The molecule has 1 aromatic carbocycles. The van der Waals surface area contributed by atoms with Gasteiger partial charge in [-0.05, 0) is 30.3 Å². The molecule has 0 atom stereocenters. The molecular formula is C19H16N2O4. The van der Waals surface area contributed by atoms with Gasteiger partial charge in [-0.15, -0.1) is 0 Å². The van der Waals surface area contributed by atoms with Gasteiger partial charge in [0.05, 0.1) is 0 Å². The van der Waals surface area contributed by atoms with Crippen LogP contribution in [0, 0.1) is 0 Å². The Morgan fingerprint density at radius 2 is 2.04 bits per heavy atom. The number of carbonyl (C=O) groups excluding carboxylic acids is 1. The van der Waals surface area contributed by atoms with Crippen LogP contribution in [0.4, 0.5) is 0 Å². The van der Waals surface area contributed by atoms with E-state index in [1.54, 1.807) is 35.4 Å². The summed E-state index contributed by atoms with van der Waals surface area (Å²) in [5.74, 6) is 0.721. The second-order valence-electron chi connectivity index (χ2n) is 5.99. The molecule has 3 heterocycles. The normalized spacial score (nSPS) is 14.3. The topological polar surface area (TPSA) is 72.6 Å². The number of pyridine rings is 1. The van der Waals surface area contributed by atoms with Gasteiger partial charge >= 0.3 is 5.63 Å². The Kier molecular flexibility index (Phi) is 3.93. The molecule has 0 spiro atoms. The molecule has 0 radical (unpaired) electrons. The van der Waals surface area contributed by atoms with Gasteiger partial charge in [-0.25, -0.2) is 4.79 Å². The molecule has 1 aliphatic heterocycles. The number of hydrogen-bond acceptors (Lipinski definition) is 5. The number of amides is 1. The Balaban J connectivity index is 1.34. The van der Waals surface area contributed by atoms with Crippen molar-refractivity contribution in [3.05, 3.63) is 70.8 Å². The molecule has 1 saturated heterocycles. The largest absolute Gasteiger partial charge is 0.484 e. The van der Waals surface area contributed by atoms with Crippen molar-refractivity contribution in [2.45, 2.75) is 5.92 Å². The Morgan fingerprint density at radius 1 is 1.20 bits per heavy atom. The Labute approximate surface area is 143 Å². The number of aromatic nitrogens is 1. The summed E-state index contributed by atoms with van der Waals surface area (Å²) in [4.78, 5) is 29.5. The van der Waals surface area contributed by atoms with Crippen molar-refractivity contribution >= 4 is 16.9 Å². The molecule has 2 aromatic heterocycles.